The molecular formula is C20H25N3O3S. The summed E-state index contributed by atoms with van der Waals surface area (Å²) in [4.78, 5) is 12.9. The molecule has 144 valence electrons. The molecule has 1 saturated heterocycles. The Bertz CT molecular complexity index is 900. The third-order valence-electron chi connectivity index (χ3n) is 4.97. The van der Waals surface area contributed by atoms with Crippen LogP contribution in [-0.2, 0) is 10.0 Å². The molecule has 2 N–H and O–H groups in total. The third kappa shape index (κ3) is 4.14. The molecule has 2 aromatic carbocycles. The molecule has 1 heterocycles. The molecule has 0 aromatic heterocycles. The molecule has 2 unspecified atom stereocenters. The summed E-state index contributed by atoms with van der Waals surface area (Å²) in [6.45, 7) is 2.95. The van der Waals surface area contributed by atoms with Crippen LogP contribution >= 0.6 is 0 Å². The van der Waals surface area contributed by atoms with Crippen molar-refractivity contribution in [2.45, 2.75) is 36.7 Å². The second-order valence-corrected chi connectivity index (χ2v) is 8.71. The fraction of sp³-hybridized carbons (Fsp3) is 0.350. The minimum Gasteiger partial charge on any atom is -0.348 e. The monoisotopic (exact) mass is 387 g/mol. The molecule has 0 radical (unpaired) electrons. The summed E-state index contributed by atoms with van der Waals surface area (Å²) in [5.41, 5.74) is 0.705. The van der Waals surface area contributed by atoms with Crippen molar-refractivity contribution in [3.8, 4) is 0 Å². The van der Waals surface area contributed by atoms with Gasteiger partial charge in [-0.05, 0) is 50.6 Å². The summed E-state index contributed by atoms with van der Waals surface area (Å²) in [7, 11) is -2.37. The van der Waals surface area contributed by atoms with E-state index in [1.807, 2.05) is 13.0 Å². The summed E-state index contributed by atoms with van der Waals surface area (Å²) >= 11 is 0. The molecule has 3 rings (SSSR count). The van der Waals surface area contributed by atoms with Crippen molar-refractivity contribution in [3.63, 3.8) is 0 Å². The largest absolute Gasteiger partial charge is 0.348 e. The molecule has 0 spiro atoms. The SMILES string of the molecule is CC1NCCCC1NC(=O)c1ccccc1S(=O)(=O)N(C)c1ccccc1. The maximum Gasteiger partial charge on any atom is 0.264 e. The van der Waals surface area contributed by atoms with E-state index in [2.05, 4.69) is 10.6 Å². The second kappa shape index (κ2) is 8.10. The number of para-hydroxylation sites is 1. The molecule has 2 aromatic rings. The Labute approximate surface area is 160 Å². The van der Waals surface area contributed by atoms with Crippen molar-refractivity contribution in [1.82, 2.24) is 10.6 Å². The highest BCUT2D eigenvalue weighted by atomic mass is 32.2. The van der Waals surface area contributed by atoms with Gasteiger partial charge in [0.2, 0.25) is 0 Å². The molecule has 1 aliphatic rings. The highest BCUT2D eigenvalue weighted by Crippen LogP contribution is 2.24. The number of benzene rings is 2. The molecule has 1 amide bonds. The highest BCUT2D eigenvalue weighted by Gasteiger charge is 2.29. The van der Waals surface area contributed by atoms with Crippen LogP contribution in [0, 0.1) is 0 Å². The van der Waals surface area contributed by atoms with Crippen LogP contribution in [0.2, 0.25) is 0 Å². The molecule has 0 saturated carbocycles. The highest BCUT2D eigenvalue weighted by molar-refractivity contribution is 7.92. The van der Waals surface area contributed by atoms with Crippen LogP contribution in [0.3, 0.4) is 0 Å². The molecule has 0 bridgehead atoms. The van der Waals surface area contributed by atoms with Crippen molar-refractivity contribution in [1.29, 1.82) is 0 Å². The number of carbonyl (C=O) groups is 1. The Hall–Kier alpha value is -2.38. The van der Waals surface area contributed by atoms with E-state index in [-0.39, 0.29) is 28.4 Å². The van der Waals surface area contributed by atoms with Gasteiger partial charge in [0.15, 0.2) is 0 Å². The van der Waals surface area contributed by atoms with Crippen LogP contribution in [0.5, 0.6) is 0 Å². The number of hydrogen-bond acceptors (Lipinski definition) is 4. The minimum absolute atomic E-state index is 0.00488. The Balaban J connectivity index is 1.90. The normalized spacial score (nSPS) is 20.1. The average molecular weight is 388 g/mol. The van der Waals surface area contributed by atoms with Gasteiger partial charge in [0.05, 0.1) is 11.3 Å². The predicted octanol–water partition coefficient (Wildman–Crippen LogP) is 2.38. The van der Waals surface area contributed by atoms with Gasteiger partial charge in [0.25, 0.3) is 15.9 Å². The number of carbonyl (C=O) groups excluding carboxylic acids is 1. The number of nitrogens with zero attached hydrogens (tertiary/aromatic N) is 1. The Morgan fingerprint density at radius 3 is 2.48 bits per heavy atom. The summed E-state index contributed by atoms with van der Waals surface area (Å²) in [5.74, 6) is -0.365. The van der Waals surface area contributed by atoms with Gasteiger partial charge in [-0.2, -0.15) is 0 Å². The first-order valence-corrected chi connectivity index (χ1v) is 10.5. The number of hydrogen-bond donors (Lipinski definition) is 2. The molecule has 27 heavy (non-hydrogen) atoms. The smallest absolute Gasteiger partial charge is 0.264 e. The number of nitrogens with one attached hydrogen (secondary N) is 2. The summed E-state index contributed by atoms with van der Waals surface area (Å²) in [5, 5.41) is 6.32. The van der Waals surface area contributed by atoms with E-state index in [4.69, 9.17) is 0 Å². The van der Waals surface area contributed by atoms with Crippen LogP contribution in [0.25, 0.3) is 0 Å². The van der Waals surface area contributed by atoms with Crippen LogP contribution in [0.4, 0.5) is 5.69 Å². The van der Waals surface area contributed by atoms with Gasteiger partial charge in [-0.25, -0.2) is 8.42 Å². The lowest BCUT2D eigenvalue weighted by Gasteiger charge is -2.31. The molecule has 2 atom stereocenters. The van der Waals surface area contributed by atoms with Crippen molar-refractivity contribution in [3.05, 3.63) is 60.2 Å². The Morgan fingerprint density at radius 2 is 1.78 bits per heavy atom. The van der Waals surface area contributed by atoms with Gasteiger partial charge in [-0.1, -0.05) is 30.3 Å². The number of piperidine rings is 1. The van der Waals surface area contributed by atoms with E-state index in [9.17, 15) is 13.2 Å². The van der Waals surface area contributed by atoms with E-state index < -0.39 is 10.0 Å². The lowest BCUT2D eigenvalue weighted by Crippen LogP contribution is -2.52. The first kappa shape index (κ1) is 19.4. The molecule has 1 aliphatic heterocycles. The lowest BCUT2D eigenvalue weighted by molar-refractivity contribution is 0.0916. The van der Waals surface area contributed by atoms with Gasteiger partial charge in [0.1, 0.15) is 4.90 Å². The predicted molar refractivity (Wildman–Crippen MR) is 106 cm³/mol. The van der Waals surface area contributed by atoms with Gasteiger partial charge in [0, 0.05) is 19.1 Å². The molecule has 0 aliphatic carbocycles. The second-order valence-electron chi connectivity index (χ2n) is 6.77. The molecule has 1 fully saturated rings. The van der Waals surface area contributed by atoms with E-state index in [0.717, 1.165) is 19.4 Å². The van der Waals surface area contributed by atoms with Crippen molar-refractivity contribution >= 4 is 21.6 Å². The van der Waals surface area contributed by atoms with Gasteiger partial charge in [-0.15, -0.1) is 0 Å². The van der Waals surface area contributed by atoms with E-state index in [0.29, 0.717) is 5.69 Å². The first-order valence-electron chi connectivity index (χ1n) is 9.08. The van der Waals surface area contributed by atoms with Crippen molar-refractivity contribution in [2.24, 2.45) is 0 Å². The Morgan fingerprint density at radius 1 is 1.11 bits per heavy atom. The zero-order valence-electron chi connectivity index (χ0n) is 15.6. The van der Waals surface area contributed by atoms with Crippen molar-refractivity contribution < 1.29 is 13.2 Å². The molecule has 6 nitrogen and oxygen atoms in total. The minimum atomic E-state index is -3.87. The van der Waals surface area contributed by atoms with E-state index in [1.54, 1.807) is 42.5 Å². The lowest BCUT2D eigenvalue weighted by atomic mass is 9.99. The standard InChI is InChI=1S/C20H25N3O3S/c1-15-18(12-8-14-21-15)22-20(24)17-11-6-7-13-19(17)27(25,26)23(2)16-9-4-3-5-10-16/h3-7,9-11,13,15,18,21H,8,12,14H2,1-2H3,(H,22,24). The molecular weight excluding hydrogens is 362 g/mol. The van der Waals surface area contributed by atoms with Crippen LogP contribution < -0.4 is 14.9 Å². The zero-order chi connectivity index (χ0) is 19.4. The molecule has 7 heteroatoms. The van der Waals surface area contributed by atoms with Crippen LogP contribution in [0.1, 0.15) is 30.1 Å². The van der Waals surface area contributed by atoms with Gasteiger partial charge in [-0.3, -0.25) is 9.10 Å². The summed E-state index contributed by atoms with van der Waals surface area (Å²) in [6.07, 6.45) is 1.85. The first-order chi connectivity index (χ1) is 12.9. The fourth-order valence-corrected chi connectivity index (χ4v) is 4.67. The quantitative estimate of drug-likeness (QED) is 0.826. The maximum absolute atomic E-state index is 13.1. The fourth-order valence-electron chi connectivity index (χ4n) is 3.29. The maximum atomic E-state index is 13.1. The number of rotatable bonds is 5. The van der Waals surface area contributed by atoms with E-state index >= 15 is 0 Å². The number of sulfonamides is 1. The summed E-state index contributed by atoms with van der Waals surface area (Å²) < 4.78 is 27.5. The number of amides is 1. The van der Waals surface area contributed by atoms with Crippen molar-refractivity contribution in [2.75, 3.05) is 17.9 Å². The van der Waals surface area contributed by atoms with E-state index in [1.165, 1.54) is 17.4 Å². The summed E-state index contributed by atoms with van der Waals surface area (Å²) in [6, 6.07) is 15.3. The van der Waals surface area contributed by atoms with Crippen LogP contribution in [-0.4, -0.2) is 40.0 Å². The average Bonchev–Trinajstić information content (AvgIpc) is 2.69. The third-order valence-corrected chi connectivity index (χ3v) is 6.81. The Kier molecular flexibility index (Phi) is 5.82. The zero-order valence-corrected chi connectivity index (χ0v) is 16.4. The number of anilines is 1. The van der Waals surface area contributed by atoms with Gasteiger partial charge < -0.3 is 10.6 Å². The van der Waals surface area contributed by atoms with Gasteiger partial charge >= 0.3 is 0 Å². The van der Waals surface area contributed by atoms with Crippen LogP contribution in [0.15, 0.2) is 59.5 Å². The topological polar surface area (TPSA) is 78.5 Å².